The maximum absolute atomic E-state index is 8.47. The van der Waals surface area contributed by atoms with E-state index in [4.69, 9.17) is 5.21 Å². The Bertz CT molecular complexity index is 362. The minimum absolute atomic E-state index is 0. The fraction of sp³-hybridized carbons (Fsp3) is 0.333. The molecule has 1 N–H and O–H groups in total. The van der Waals surface area contributed by atoms with Crippen LogP contribution in [-0.4, -0.2) is 22.2 Å². The Hall–Kier alpha value is -0.500. The third-order valence-corrected chi connectivity index (χ3v) is 2.78. The van der Waals surface area contributed by atoms with E-state index in [0.29, 0.717) is 0 Å². The first-order valence-corrected chi connectivity index (χ1v) is 5.38. The molecule has 1 rings (SSSR count). The van der Waals surface area contributed by atoms with Crippen LogP contribution in [0, 0.1) is 0 Å². The zero-order chi connectivity index (χ0) is 10.6. The zero-order valence-corrected chi connectivity index (χ0v) is 11.7. The number of thioether (sulfide) groups is 1. The number of aromatic nitrogens is 2. The van der Waals surface area contributed by atoms with Crippen LogP contribution < -0.4 is 28.5 Å². The average Bonchev–Trinajstić information content (AvgIpc) is 2.45. The van der Waals surface area contributed by atoms with Gasteiger partial charge in [-0.15, -0.1) is 0 Å². The fourth-order valence-electron chi connectivity index (χ4n) is 1.31. The lowest BCUT2D eigenvalue weighted by atomic mass is 10.5. The van der Waals surface area contributed by atoms with Gasteiger partial charge in [-0.1, -0.05) is 17.8 Å². The predicted octanol–water partition coefficient (Wildman–Crippen LogP) is -1.97. The van der Waals surface area contributed by atoms with Crippen LogP contribution >= 0.6 is 11.8 Å². The van der Waals surface area contributed by atoms with E-state index in [2.05, 4.69) is 16.3 Å². The van der Waals surface area contributed by atoms with Crippen LogP contribution in [0.25, 0.3) is 0 Å². The molecular formula is C9H14IN3OS. The third kappa shape index (κ3) is 3.23. The monoisotopic (exact) mass is 339 g/mol. The minimum Gasteiger partial charge on any atom is -1.00 e. The van der Waals surface area contributed by atoms with Crippen molar-refractivity contribution in [3.8, 4) is 0 Å². The Morgan fingerprint density at radius 2 is 2.40 bits per heavy atom. The maximum atomic E-state index is 8.47. The highest BCUT2D eigenvalue weighted by atomic mass is 127. The van der Waals surface area contributed by atoms with Crippen molar-refractivity contribution >= 4 is 18.0 Å². The molecule has 84 valence electrons. The molecule has 0 radical (unpaired) electrons. The number of allylic oxidation sites excluding steroid dienone is 1. The molecule has 0 bridgehead atoms. The number of rotatable bonds is 4. The molecule has 0 fully saturated rings. The van der Waals surface area contributed by atoms with E-state index in [1.165, 1.54) is 6.21 Å². The summed E-state index contributed by atoms with van der Waals surface area (Å²) in [6, 6.07) is 0. The van der Waals surface area contributed by atoms with Gasteiger partial charge in [0.05, 0.1) is 7.05 Å². The van der Waals surface area contributed by atoms with E-state index in [1.807, 2.05) is 30.1 Å². The van der Waals surface area contributed by atoms with Crippen molar-refractivity contribution in [2.24, 2.45) is 12.2 Å². The van der Waals surface area contributed by atoms with E-state index >= 15 is 0 Å². The predicted molar refractivity (Wildman–Crippen MR) is 57.0 cm³/mol. The smallest absolute Gasteiger partial charge is 0.318 e. The van der Waals surface area contributed by atoms with Crippen molar-refractivity contribution in [3.63, 3.8) is 0 Å². The Morgan fingerprint density at radius 1 is 1.73 bits per heavy atom. The van der Waals surface area contributed by atoms with Crippen molar-refractivity contribution in [1.29, 1.82) is 0 Å². The van der Waals surface area contributed by atoms with Crippen molar-refractivity contribution in [2.75, 3.05) is 6.26 Å². The molecular weight excluding hydrogens is 325 g/mol. The summed E-state index contributed by atoms with van der Waals surface area (Å²) in [4.78, 5) is 0. The lowest BCUT2D eigenvalue weighted by molar-refractivity contribution is -0.723. The van der Waals surface area contributed by atoms with E-state index in [9.17, 15) is 0 Å². The van der Waals surface area contributed by atoms with Crippen LogP contribution in [0.4, 0.5) is 0 Å². The van der Waals surface area contributed by atoms with Crippen molar-refractivity contribution in [2.45, 2.75) is 11.7 Å². The van der Waals surface area contributed by atoms with Crippen LogP contribution in [0.1, 0.15) is 5.69 Å². The molecule has 0 amide bonds. The summed E-state index contributed by atoms with van der Waals surface area (Å²) in [6.07, 6.45) is 7.18. The Kier molecular flexibility index (Phi) is 6.66. The summed E-state index contributed by atoms with van der Waals surface area (Å²) in [5.74, 6) is 0. The molecule has 0 aliphatic heterocycles. The van der Waals surface area contributed by atoms with Crippen LogP contribution in [0.2, 0.25) is 0 Å². The summed E-state index contributed by atoms with van der Waals surface area (Å²) in [5.41, 5.74) is 0.860. The lowest BCUT2D eigenvalue weighted by Crippen LogP contribution is -3.00. The molecule has 1 aromatic heterocycles. The van der Waals surface area contributed by atoms with Gasteiger partial charge in [0, 0.05) is 0 Å². The van der Waals surface area contributed by atoms with Crippen molar-refractivity contribution in [1.82, 2.24) is 4.57 Å². The van der Waals surface area contributed by atoms with Crippen LogP contribution in [0.3, 0.4) is 0 Å². The molecule has 1 aromatic rings. The summed E-state index contributed by atoms with van der Waals surface area (Å²) >= 11 is 1.64. The standard InChI is InChI=1S/C9H13N3OS.HI/c1-4-5-12-7-8(6-10-13)11(2)9(12)14-3;/h4,6-7H,1,5H2,2-3H3;1H/b10-6+;. The zero-order valence-electron chi connectivity index (χ0n) is 8.72. The molecule has 0 saturated carbocycles. The van der Waals surface area contributed by atoms with E-state index < -0.39 is 0 Å². The number of oxime groups is 1. The molecule has 0 saturated heterocycles. The van der Waals surface area contributed by atoms with Gasteiger partial charge in [-0.05, 0) is 18.0 Å². The quantitative estimate of drug-likeness (QED) is 0.132. The summed E-state index contributed by atoms with van der Waals surface area (Å²) in [6.45, 7) is 4.45. The molecule has 0 atom stereocenters. The van der Waals surface area contributed by atoms with Gasteiger partial charge in [-0.2, -0.15) is 0 Å². The van der Waals surface area contributed by atoms with Gasteiger partial charge in [0.25, 0.3) is 0 Å². The van der Waals surface area contributed by atoms with E-state index in [1.54, 1.807) is 11.8 Å². The minimum atomic E-state index is 0. The van der Waals surface area contributed by atoms with Gasteiger partial charge in [0.2, 0.25) is 0 Å². The number of hydrogen-bond acceptors (Lipinski definition) is 3. The van der Waals surface area contributed by atoms with E-state index in [0.717, 1.165) is 17.4 Å². The van der Waals surface area contributed by atoms with Crippen LogP contribution in [0.15, 0.2) is 29.2 Å². The molecule has 1 heterocycles. The Morgan fingerprint density at radius 3 is 2.87 bits per heavy atom. The van der Waals surface area contributed by atoms with Gasteiger partial charge in [0.1, 0.15) is 19.0 Å². The van der Waals surface area contributed by atoms with Gasteiger partial charge in [-0.25, -0.2) is 9.13 Å². The first-order valence-electron chi connectivity index (χ1n) is 4.16. The second-order valence-corrected chi connectivity index (χ2v) is 3.56. The lowest BCUT2D eigenvalue weighted by Gasteiger charge is -1.94. The molecule has 0 unspecified atom stereocenters. The molecule has 15 heavy (non-hydrogen) atoms. The van der Waals surface area contributed by atoms with E-state index in [-0.39, 0.29) is 24.0 Å². The Labute approximate surface area is 111 Å². The molecule has 0 aliphatic carbocycles. The Balaban J connectivity index is 0.00000196. The van der Waals surface area contributed by atoms with Gasteiger partial charge >= 0.3 is 5.16 Å². The second kappa shape index (κ2) is 6.89. The third-order valence-electron chi connectivity index (χ3n) is 1.91. The van der Waals surface area contributed by atoms with Gasteiger partial charge < -0.3 is 29.2 Å². The maximum Gasteiger partial charge on any atom is 0.318 e. The largest absolute Gasteiger partial charge is 1.00 e. The molecule has 0 spiro atoms. The first kappa shape index (κ1) is 14.5. The summed E-state index contributed by atoms with van der Waals surface area (Å²) < 4.78 is 4.02. The fourth-order valence-corrected chi connectivity index (χ4v) is 2.05. The molecule has 0 aromatic carbocycles. The number of nitrogens with zero attached hydrogens (tertiary/aromatic N) is 3. The number of hydrogen-bond donors (Lipinski definition) is 1. The number of imidazole rings is 1. The van der Waals surface area contributed by atoms with Crippen molar-refractivity contribution in [3.05, 3.63) is 24.5 Å². The first-order chi connectivity index (χ1) is 6.74. The SMILES string of the molecule is C=CC[n+]1cc(/C=N/O)n(C)c1SC.[I-]. The second-order valence-electron chi connectivity index (χ2n) is 2.79. The molecule has 4 nitrogen and oxygen atoms in total. The average molecular weight is 339 g/mol. The normalized spacial score (nSPS) is 10.3. The summed E-state index contributed by atoms with van der Waals surface area (Å²) in [5, 5.41) is 12.6. The highest BCUT2D eigenvalue weighted by molar-refractivity contribution is 7.98. The van der Waals surface area contributed by atoms with Crippen molar-refractivity contribution < 1.29 is 33.8 Å². The van der Waals surface area contributed by atoms with Crippen LogP contribution in [0.5, 0.6) is 0 Å². The van der Waals surface area contributed by atoms with Gasteiger partial charge in [0.15, 0.2) is 5.69 Å². The van der Waals surface area contributed by atoms with Crippen LogP contribution in [-0.2, 0) is 13.6 Å². The topological polar surface area (TPSA) is 41.4 Å². The molecule has 0 aliphatic rings. The highest BCUT2D eigenvalue weighted by Gasteiger charge is 2.17. The number of halogens is 1. The summed E-state index contributed by atoms with van der Waals surface area (Å²) in [7, 11) is 1.93. The van der Waals surface area contributed by atoms with Gasteiger partial charge in [-0.3, -0.25) is 0 Å². The molecule has 6 heteroatoms. The highest BCUT2D eigenvalue weighted by Crippen LogP contribution is 2.11.